The van der Waals surface area contributed by atoms with E-state index in [1.54, 1.807) is 28.4 Å². The molecule has 1 saturated heterocycles. The fourth-order valence-electron chi connectivity index (χ4n) is 4.43. The first-order chi connectivity index (χ1) is 17.5. The summed E-state index contributed by atoms with van der Waals surface area (Å²) in [5, 5.41) is 22.7. The number of nitrogens with one attached hydrogen (secondary N) is 3. The van der Waals surface area contributed by atoms with Crippen LogP contribution in [0.25, 0.3) is 0 Å². The van der Waals surface area contributed by atoms with Gasteiger partial charge in [0.05, 0.1) is 12.1 Å². The van der Waals surface area contributed by atoms with Gasteiger partial charge in [0.25, 0.3) is 5.91 Å². The zero-order valence-corrected chi connectivity index (χ0v) is 21.4. The maximum absolute atomic E-state index is 13.4. The van der Waals surface area contributed by atoms with Crippen molar-refractivity contribution in [2.45, 2.75) is 44.9 Å². The van der Waals surface area contributed by atoms with Crippen LogP contribution in [0.2, 0.25) is 0 Å². The Labute approximate surface area is 216 Å². The van der Waals surface area contributed by atoms with Gasteiger partial charge in [-0.2, -0.15) is 0 Å². The maximum atomic E-state index is 13.4. The summed E-state index contributed by atoms with van der Waals surface area (Å²) in [7, 11) is 0. The van der Waals surface area contributed by atoms with Gasteiger partial charge in [0, 0.05) is 54.4 Å². The van der Waals surface area contributed by atoms with Crippen molar-refractivity contribution in [3.8, 4) is 0 Å². The van der Waals surface area contributed by atoms with E-state index in [4.69, 9.17) is 0 Å². The zero-order valence-electron chi connectivity index (χ0n) is 20.6. The molecule has 1 aromatic heterocycles. The highest BCUT2D eigenvalue weighted by molar-refractivity contribution is 7.09. The molecule has 1 aliphatic rings. The number of carbonyl (C=O) groups excluding carboxylic acids is 2. The molecule has 1 aliphatic heterocycles. The van der Waals surface area contributed by atoms with E-state index in [0.29, 0.717) is 44.6 Å². The minimum atomic E-state index is -0.786. The van der Waals surface area contributed by atoms with Crippen molar-refractivity contribution in [2.24, 2.45) is 0 Å². The molecule has 0 radical (unpaired) electrons. The second-order valence-corrected chi connectivity index (χ2v) is 10.0. The fourth-order valence-corrected chi connectivity index (χ4v) is 5.10. The van der Waals surface area contributed by atoms with E-state index in [0.717, 1.165) is 23.4 Å². The highest BCUT2D eigenvalue weighted by atomic mass is 32.1. The Balaban J connectivity index is 1.51. The summed E-state index contributed by atoms with van der Waals surface area (Å²) in [6, 6.07) is 18.9. The van der Waals surface area contributed by atoms with E-state index >= 15 is 0 Å². The second-order valence-electron chi connectivity index (χ2n) is 9.00. The van der Waals surface area contributed by atoms with Crippen LogP contribution in [0.3, 0.4) is 0 Å². The molecule has 0 bridgehead atoms. The third kappa shape index (κ3) is 6.94. The second kappa shape index (κ2) is 12.7. The lowest BCUT2D eigenvalue weighted by atomic mass is 10.00. The first-order valence-electron chi connectivity index (χ1n) is 12.5. The number of benzene rings is 2. The van der Waals surface area contributed by atoms with Gasteiger partial charge >= 0.3 is 0 Å². The third-order valence-electron chi connectivity index (χ3n) is 6.26. The van der Waals surface area contributed by atoms with Crippen molar-refractivity contribution in [3.63, 3.8) is 0 Å². The number of amides is 2. The smallest absolute Gasteiger partial charge is 0.251 e. The van der Waals surface area contributed by atoms with Gasteiger partial charge in [-0.25, -0.2) is 0 Å². The van der Waals surface area contributed by atoms with Crippen LogP contribution in [0.5, 0.6) is 0 Å². The molecule has 36 heavy (non-hydrogen) atoms. The molecule has 4 rings (SSSR count). The van der Waals surface area contributed by atoms with Crippen LogP contribution in [-0.4, -0.2) is 48.7 Å². The van der Waals surface area contributed by atoms with E-state index in [-0.39, 0.29) is 11.8 Å². The molecule has 2 aromatic carbocycles. The Morgan fingerprint density at radius 1 is 1.14 bits per heavy atom. The van der Waals surface area contributed by atoms with Crippen LogP contribution < -0.4 is 20.9 Å². The van der Waals surface area contributed by atoms with Gasteiger partial charge in [0.1, 0.15) is 0 Å². The largest absolute Gasteiger partial charge is 0.390 e. The molecule has 2 heterocycles. The predicted octanol–water partition coefficient (Wildman–Crippen LogP) is 3.80. The molecule has 8 heteroatoms. The summed E-state index contributed by atoms with van der Waals surface area (Å²) in [5.74, 6) is -0.204. The molecule has 3 aromatic rings. The lowest BCUT2D eigenvalue weighted by molar-refractivity contribution is -0.117. The molecule has 0 aliphatic carbocycles. The van der Waals surface area contributed by atoms with Crippen LogP contribution in [0.15, 0.2) is 66.0 Å². The van der Waals surface area contributed by atoms with Gasteiger partial charge < -0.3 is 26.0 Å². The Morgan fingerprint density at radius 3 is 2.67 bits per heavy atom. The van der Waals surface area contributed by atoms with Gasteiger partial charge in [-0.05, 0) is 55.0 Å². The molecule has 4 N–H and O–H groups in total. The van der Waals surface area contributed by atoms with Crippen molar-refractivity contribution in [2.75, 3.05) is 29.9 Å². The van der Waals surface area contributed by atoms with Crippen molar-refractivity contribution in [1.82, 2.24) is 10.6 Å². The lowest BCUT2D eigenvalue weighted by Gasteiger charge is -2.25. The van der Waals surface area contributed by atoms with Gasteiger partial charge in [-0.15, -0.1) is 11.3 Å². The number of hydrogen-bond acceptors (Lipinski definition) is 6. The van der Waals surface area contributed by atoms with Crippen LogP contribution in [0.4, 0.5) is 11.4 Å². The SMILES string of the molecule is CCNc1cc(C(=O)N[C@@H](Cc2ccccc2)[C@H](O)CNCc2cccs2)cc(N2CCCC2=O)c1. The lowest BCUT2D eigenvalue weighted by Crippen LogP contribution is -2.48. The van der Waals surface area contributed by atoms with Crippen LogP contribution in [-0.2, 0) is 17.8 Å². The Bertz CT molecular complexity index is 1140. The number of thiophene rings is 1. The van der Waals surface area contributed by atoms with Crippen molar-refractivity contribution < 1.29 is 14.7 Å². The van der Waals surface area contributed by atoms with Crippen molar-refractivity contribution in [3.05, 3.63) is 82.0 Å². The van der Waals surface area contributed by atoms with Crippen LogP contribution >= 0.6 is 11.3 Å². The van der Waals surface area contributed by atoms with Gasteiger partial charge in [0.2, 0.25) is 5.91 Å². The number of aliphatic hydroxyl groups is 1. The Hall–Kier alpha value is -3.20. The molecule has 0 saturated carbocycles. The summed E-state index contributed by atoms with van der Waals surface area (Å²) in [5.41, 5.74) is 3.00. The highest BCUT2D eigenvalue weighted by Gasteiger charge is 2.25. The molecular weight excluding hydrogens is 472 g/mol. The van der Waals surface area contributed by atoms with Gasteiger partial charge in [-0.3, -0.25) is 9.59 Å². The molecule has 0 spiro atoms. The third-order valence-corrected chi connectivity index (χ3v) is 7.13. The number of hydrogen-bond donors (Lipinski definition) is 4. The number of anilines is 2. The predicted molar refractivity (Wildman–Crippen MR) is 146 cm³/mol. The van der Waals surface area contributed by atoms with E-state index < -0.39 is 12.1 Å². The highest BCUT2D eigenvalue weighted by Crippen LogP contribution is 2.27. The van der Waals surface area contributed by atoms with E-state index in [1.807, 2.05) is 60.8 Å². The van der Waals surface area contributed by atoms with E-state index in [1.165, 1.54) is 4.88 Å². The molecule has 1 fully saturated rings. The fraction of sp³-hybridized carbons (Fsp3) is 0.357. The molecule has 190 valence electrons. The summed E-state index contributed by atoms with van der Waals surface area (Å²) in [4.78, 5) is 28.7. The van der Waals surface area contributed by atoms with Crippen molar-refractivity contribution >= 4 is 34.5 Å². The minimum Gasteiger partial charge on any atom is -0.390 e. The number of aliphatic hydroxyl groups excluding tert-OH is 1. The normalized spacial score (nSPS) is 15.1. The first-order valence-corrected chi connectivity index (χ1v) is 13.4. The Kier molecular flexibility index (Phi) is 9.11. The molecule has 7 nitrogen and oxygen atoms in total. The van der Waals surface area contributed by atoms with Gasteiger partial charge in [0.15, 0.2) is 0 Å². The Morgan fingerprint density at radius 2 is 1.97 bits per heavy atom. The monoisotopic (exact) mass is 506 g/mol. The number of nitrogens with zero attached hydrogens (tertiary/aromatic N) is 1. The summed E-state index contributed by atoms with van der Waals surface area (Å²) in [6.07, 6.45) is 1.05. The summed E-state index contributed by atoms with van der Waals surface area (Å²) < 4.78 is 0. The van der Waals surface area contributed by atoms with E-state index in [2.05, 4.69) is 16.0 Å². The van der Waals surface area contributed by atoms with E-state index in [9.17, 15) is 14.7 Å². The van der Waals surface area contributed by atoms with Crippen LogP contribution in [0, 0.1) is 0 Å². The molecular formula is C28H34N4O3S. The molecule has 2 amide bonds. The standard InChI is InChI=1S/C28H34N4O3S/c1-2-30-22-15-21(16-23(17-22)32-12-6-11-27(32)34)28(35)31-25(14-20-8-4-3-5-9-20)26(33)19-29-18-24-10-7-13-36-24/h3-5,7-10,13,15-17,25-26,29-30,33H,2,6,11-12,14,18-19H2,1H3,(H,31,35)/t25-,26+/m0/s1. The summed E-state index contributed by atoms with van der Waals surface area (Å²) >= 11 is 1.66. The summed E-state index contributed by atoms with van der Waals surface area (Å²) in [6.45, 7) is 4.35. The van der Waals surface area contributed by atoms with Gasteiger partial charge in [-0.1, -0.05) is 36.4 Å². The maximum Gasteiger partial charge on any atom is 0.251 e. The average molecular weight is 507 g/mol. The number of carbonyl (C=O) groups is 2. The van der Waals surface area contributed by atoms with Crippen molar-refractivity contribution in [1.29, 1.82) is 0 Å². The zero-order chi connectivity index (χ0) is 25.3. The number of rotatable bonds is 12. The molecule has 2 atom stereocenters. The minimum absolute atomic E-state index is 0.0733. The van der Waals surface area contributed by atoms with Crippen LogP contribution in [0.1, 0.15) is 40.6 Å². The average Bonchev–Trinajstić information content (AvgIpc) is 3.56. The topological polar surface area (TPSA) is 93.7 Å². The molecule has 0 unspecified atom stereocenters. The first kappa shape index (κ1) is 25.9. The quantitative estimate of drug-likeness (QED) is 0.300.